The van der Waals surface area contributed by atoms with E-state index in [2.05, 4.69) is 86.3 Å². The largest absolute Gasteiger partial charge is 0.304 e. The van der Waals surface area contributed by atoms with Gasteiger partial charge in [-0.05, 0) is 37.2 Å². The average Bonchev–Trinajstić information content (AvgIpc) is 2.57. The maximum absolute atomic E-state index is 2.50. The molecule has 21 heavy (non-hydrogen) atoms. The van der Waals surface area contributed by atoms with Crippen molar-refractivity contribution in [3.05, 3.63) is 71.8 Å². The molecule has 0 heterocycles. The first-order valence-electron chi connectivity index (χ1n) is 8.04. The molecule has 0 atom stereocenters. The maximum atomic E-state index is 2.50. The average molecular weight is 281 g/mol. The highest BCUT2D eigenvalue weighted by molar-refractivity contribution is 5.38. The molecule has 0 aliphatic heterocycles. The monoisotopic (exact) mass is 281 g/mol. The second-order valence-electron chi connectivity index (χ2n) is 5.84. The molecule has 0 saturated heterocycles. The van der Waals surface area contributed by atoms with E-state index in [1.54, 1.807) is 0 Å². The van der Waals surface area contributed by atoms with Crippen LogP contribution in [0.25, 0.3) is 0 Å². The smallest absolute Gasteiger partial charge is 0.0186 e. The number of rotatable bonds is 7. The van der Waals surface area contributed by atoms with Gasteiger partial charge in [0.15, 0.2) is 0 Å². The third-order valence-electron chi connectivity index (χ3n) is 4.64. The molecule has 1 heteroatoms. The highest BCUT2D eigenvalue weighted by Crippen LogP contribution is 2.35. The van der Waals surface area contributed by atoms with Gasteiger partial charge in [0.2, 0.25) is 0 Å². The second kappa shape index (κ2) is 7.42. The van der Waals surface area contributed by atoms with Gasteiger partial charge in [0.05, 0.1) is 0 Å². The van der Waals surface area contributed by atoms with Gasteiger partial charge < -0.3 is 4.90 Å². The first-order chi connectivity index (χ1) is 10.2. The molecular formula is C20H27N. The van der Waals surface area contributed by atoms with Crippen LogP contribution in [0, 0.1) is 0 Å². The molecule has 0 amide bonds. The van der Waals surface area contributed by atoms with Gasteiger partial charge in [-0.3, -0.25) is 0 Å². The lowest BCUT2D eigenvalue weighted by Crippen LogP contribution is -2.32. The van der Waals surface area contributed by atoms with Crippen molar-refractivity contribution in [2.24, 2.45) is 0 Å². The zero-order valence-corrected chi connectivity index (χ0v) is 13.5. The van der Waals surface area contributed by atoms with Gasteiger partial charge in [0.25, 0.3) is 0 Å². The molecule has 0 fully saturated rings. The Morgan fingerprint density at radius 2 is 1.19 bits per heavy atom. The van der Waals surface area contributed by atoms with E-state index in [0.29, 0.717) is 0 Å². The number of hydrogen-bond acceptors (Lipinski definition) is 1. The number of benzene rings is 2. The molecule has 2 rings (SSSR count). The first kappa shape index (κ1) is 15.8. The summed E-state index contributed by atoms with van der Waals surface area (Å²) in [7, 11) is 0. The van der Waals surface area contributed by atoms with Gasteiger partial charge in [-0.1, -0.05) is 81.4 Å². The van der Waals surface area contributed by atoms with E-state index in [-0.39, 0.29) is 5.41 Å². The van der Waals surface area contributed by atoms with Crippen molar-refractivity contribution in [2.75, 3.05) is 19.6 Å². The summed E-state index contributed by atoms with van der Waals surface area (Å²) in [6.45, 7) is 10.2. The molecule has 0 saturated carbocycles. The standard InChI is InChI=1S/C20H27N/c1-4-21(5-2)17-16-20(3,18-12-8-6-9-13-18)19-14-10-7-11-15-19/h6-15H,4-5,16-17H2,1-3H3. The van der Waals surface area contributed by atoms with Crippen LogP contribution < -0.4 is 0 Å². The summed E-state index contributed by atoms with van der Waals surface area (Å²) < 4.78 is 0. The first-order valence-corrected chi connectivity index (χ1v) is 8.04. The van der Waals surface area contributed by atoms with Gasteiger partial charge in [-0.25, -0.2) is 0 Å². The number of nitrogens with zero attached hydrogens (tertiary/aromatic N) is 1. The molecule has 2 aromatic carbocycles. The van der Waals surface area contributed by atoms with E-state index in [9.17, 15) is 0 Å². The maximum Gasteiger partial charge on any atom is 0.0186 e. The lowest BCUT2D eigenvalue weighted by Gasteiger charge is -2.33. The molecule has 0 unspecified atom stereocenters. The van der Waals surface area contributed by atoms with Crippen molar-refractivity contribution in [3.8, 4) is 0 Å². The summed E-state index contributed by atoms with van der Waals surface area (Å²) in [6, 6.07) is 21.8. The Hall–Kier alpha value is -1.60. The molecule has 0 aromatic heterocycles. The minimum absolute atomic E-state index is 0.0745. The molecule has 1 nitrogen and oxygen atoms in total. The minimum atomic E-state index is 0.0745. The van der Waals surface area contributed by atoms with Gasteiger partial charge in [-0.2, -0.15) is 0 Å². The van der Waals surface area contributed by atoms with Gasteiger partial charge >= 0.3 is 0 Å². The Labute approximate surface area is 129 Å². The van der Waals surface area contributed by atoms with Gasteiger partial charge in [0, 0.05) is 5.41 Å². The van der Waals surface area contributed by atoms with E-state index in [1.807, 2.05) is 0 Å². The van der Waals surface area contributed by atoms with Crippen molar-refractivity contribution in [1.82, 2.24) is 4.90 Å². The van der Waals surface area contributed by atoms with Crippen LogP contribution in [0.5, 0.6) is 0 Å². The zero-order valence-electron chi connectivity index (χ0n) is 13.5. The predicted octanol–water partition coefficient (Wildman–Crippen LogP) is 4.72. The van der Waals surface area contributed by atoms with E-state index >= 15 is 0 Å². The molecule has 2 aromatic rings. The quantitative estimate of drug-likeness (QED) is 0.709. The van der Waals surface area contributed by atoms with Crippen LogP contribution in [-0.2, 0) is 5.41 Å². The highest BCUT2D eigenvalue weighted by Gasteiger charge is 2.28. The van der Waals surface area contributed by atoms with Crippen LogP contribution in [0.3, 0.4) is 0 Å². The van der Waals surface area contributed by atoms with E-state index in [4.69, 9.17) is 0 Å². The van der Waals surface area contributed by atoms with Crippen LogP contribution in [0.1, 0.15) is 38.3 Å². The van der Waals surface area contributed by atoms with E-state index < -0.39 is 0 Å². The number of hydrogen-bond donors (Lipinski definition) is 0. The molecule has 0 radical (unpaired) electrons. The van der Waals surface area contributed by atoms with E-state index in [0.717, 1.165) is 26.1 Å². The Balaban J connectivity index is 2.31. The molecule has 0 spiro atoms. The zero-order chi connectivity index (χ0) is 15.1. The Kier molecular flexibility index (Phi) is 5.58. The Bertz CT molecular complexity index is 475. The third kappa shape index (κ3) is 3.74. The van der Waals surface area contributed by atoms with Crippen LogP contribution in [0.4, 0.5) is 0 Å². The molecule has 0 aliphatic rings. The van der Waals surface area contributed by atoms with Crippen LogP contribution in [0.2, 0.25) is 0 Å². The van der Waals surface area contributed by atoms with E-state index in [1.165, 1.54) is 11.1 Å². The van der Waals surface area contributed by atoms with Crippen molar-refractivity contribution in [1.29, 1.82) is 0 Å². The minimum Gasteiger partial charge on any atom is -0.304 e. The molecule has 0 N–H and O–H groups in total. The van der Waals surface area contributed by atoms with Crippen molar-refractivity contribution in [3.63, 3.8) is 0 Å². The van der Waals surface area contributed by atoms with Crippen molar-refractivity contribution < 1.29 is 0 Å². The van der Waals surface area contributed by atoms with Gasteiger partial charge in [0.1, 0.15) is 0 Å². The Morgan fingerprint density at radius 1 is 0.762 bits per heavy atom. The summed E-state index contributed by atoms with van der Waals surface area (Å²) in [5, 5.41) is 0. The molecule has 0 aliphatic carbocycles. The summed E-state index contributed by atoms with van der Waals surface area (Å²) in [4.78, 5) is 2.50. The fraction of sp³-hybridized carbons (Fsp3) is 0.400. The summed E-state index contributed by atoms with van der Waals surface area (Å²) >= 11 is 0. The lowest BCUT2D eigenvalue weighted by atomic mass is 9.73. The Morgan fingerprint density at radius 3 is 1.57 bits per heavy atom. The van der Waals surface area contributed by atoms with Crippen LogP contribution in [-0.4, -0.2) is 24.5 Å². The topological polar surface area (TPSA) is 3.24 Å². The predicted molar refractivity (Wildman–Crippen MR) is 91.7 cm³/mol. The van der Waals surface area contributed by atoms with Crippen molar-refractivity contribution in [2.45, 2.75) is 32.6 Å². The van der Waals surface area contributed by atoms with Crippen molar-refractivity contribution >= 4 is 0 Å². The summed E-state index contributed by atoms with van der Waals surface area (Å²) in [5.41, 5.74) is 2.89. The van der Waals surface area contributed by atoms with Crippen LogP contribution >= 0.6 is 0 Å². The lowest BCUT2D eigenvalue weighted by molar-refractivity contribution is 0.277. The van der Waals surface area contributed by atoms with Crippen LogP contribution in [0.15, 0.2) is 60.7 Å². The molecule has 0 bridgehead atoms. The summed E-state index contributed by atoms with van der Waals surface area (Å²) in [5.74, 6) is 0. The fourth-order valence-electron chi connectivity index (χ4n) is 2.99. The normalized spacial score (nSPS) is 11.8. The molecular weight excluding hydrogens is 254 g/mol. The second-order valence-corrected chi connectivity index (χ2v) is 5.84. The fourth-order valence-corrected chi connectivity index (χ4v) is 2.99. The third-order valence-corrected chi connectivity index (χ3v) is 4.64. The molecule has 112 valence electrons. The van der Waals surface area contributed by atoms with Gasteiger partial charge in [-0.15, -0.1) is 0 Å². The summed E-state index contributed by atoms with van der Waals surface area (Å²) in [6.07, 6.45) is 1.14. The SMILES string of the molecule is CCN(CC)CCC(C)(c1ccccc1)c1ccccc1. The highest BCUT2D eigenvalue weighted by atomic mass is 15.1.